The summed E-state index contributed by atoms with van der Waals surface area (Å²) in [5, 5.41) is 0.794. The largest absolute Gasteiger partial charge is 0.327 e. The fraction of sp³-hybridized carbons (Fsp3) is 0.357. The molecule has 1 aliphatic rings. The number of nitrogens with one attached hydrogen (secondary N) is 2. The molecule has 2 aromatic heterocycles. The molecule has 0 bridgehead atoms. The second kappa shape index (κ2) is 5.73. The van der Waals surface area contributed by atoms with Crippen molar-refractivity contribution < 1.29 is 0 Å². The maximum absolute atomic E-state index is 11.8. The lowest BCUT2D eigenvalue weighted by Crippen LogP contribution is -2.23. The minimum Gasteiger partial charge on any atom is -0.325 e. The van der Waals surface area contributed by atoms with E-state index in [2.05, 4.69) is 21.0 Å². The molecule has 0 saturated carbocycles. The van der Waals surface area contributed by atoms with Crippen molar-refractivity contribution in [1.29, 1.82) is 0 Å². The third kappa shape index (κ3) is 3.00. The fourth-order valence-electron chi connectivity index (χ4n) is 2.56. The molecule has 0 aromatic carbocycles. The number of aromatic amines is 2. The first kappa shape index (κ1) is 13.9. The lowest BCUT2D eigenvalue weighted by molar-refractivity contribution is 0.522. The molecule has 1 unspecified atom stereocenters. The van der Waals surface area contributed by atoms with Crippen LogP contribution in [0.5, 0.6) is 0 Å². The molecule has 1 aliphatic carbocycles. The zero-order chi connectivity index (χ0) is 14.8. The summed E-state index contributed by atoms with van der Waals surface area (Å²) in [4.78, 5) is 31.8. The summed E-state index contributed by atoms with van der Waals surface area (Å²) < 4.78 is 1.78. The molecule has 0 fully saturated rings. The maximum atomic E-state index is 11.8. The van der Waals surface area contributed by atoms with Crippen molar-refractivity contribution in [2.75, 3.05) is 0 Å². The first-order chi connectivity index (χ1) is 10.1. The van der Waals surface area contributed by atoms with Gasteiger partial charge in [0.05, 0.1) is 6.33 Å². The Hall–Kier alpha value is -2.08. The number of halogens is 1. The van der Waals surface area contributed by atoms with Crippen molar-refractivity contribution in [2.45, 2.75) is 25.8 Å². The molecule has 21 heavy (non-hydrogen) atoms. The van der Waals surface area contributed by atoms with Crippen molar-refractivity contribution in [2.24, 2.45) is 5.92 Å². The average molecular weight is 307 g/mol. The SMILES string of the molecule is O=c1[nH]c(=O)c2c(ncn2CCCC2C=CC(Cl)=CC2)[nH]1. The van der Waals surface area contributed by atoms with Crippen LogP contribution in [0.4, 0.5) is 0 Å². The van der Waals surface area contributed by atoms with Gasteiger partial charge in [-0.3, -0.25) is 14.8 Å². The number of hydrogen-bond acceptors (Lipinski definition) is 3. The van der Waals surface area contributed by atoms with Gasteiger partial charge < -0.3 is 4.57 Å². The van der Waals surface area contributed by atoms with Gasteiger partial charge in [-0.1, -0.05) is 23.8 Å². The van der Waals surface area contributed by atoms with E-state index in [1.165, 1.54) is 0 Å². The Bertz CT molecular complexity index is 827. The van der Waals surface area contributed by atoms with Crippen LogP contribution in [0.15, 0.2) is 39.2 Å². The quantitative estimate of drug-likeness (QED) is 0.904. The summed E-state index contributed by atoms with van der Waals surface area (Å²) in [5.74, 6) is 0.486. The van der Waals surface area contributed by atoms with Gasteiger partial charge in [0.2, 0.25) is 0 Å². The van der Waals surface area contributed by atoms with E-state index in [4.69, 9.17) is 11.6 Å². The van der Waals surface area contributed by atoms with Crippen LogP contribution < -0.4 is 11.2 Å². The van der Waals surface area contributed by atoms with Crippen molar-refractivity contribution in [3.8, 4) is 0 Å². The minimum absolute atomic E-state index is 0.330. The molecule has 2 heterocycles. The lowest BCUT2D eigenvalue weighted by atomic mass is 9.96. The van der Waals surface area contributed by atoms with Gasteiger partial charge in [-0.05, 0) is 31.3 Å². The second-order valence-corrected chi connectivity index (χ2v) is 5.57. The molecule has 6 nitrogen and oxygen atoms in total. The van der Waals surface area contributed by atoms with E-state index in [9.17, 15) is 9.59 Å². The predicted octanol–water partition coefficient (Wildman–Crippen LogP) is 1.89. The highest BCUT2D eigenvalue weighted by molar-refractivity contribution is 6.31. The first-order valence-electron chi connectivity index (χ1n) is 6.85. The van der Waals surface area contributed by atoms with E-state index in [1.807, 2.05) is 12.2 Å². The number of imidazole rings is 1. The first-order valence-corrected chi connectivity index (χ1v) is 7.22. The van der Waals surface area contributed by atoms with E-state index < -0.39 is 11.2 Å². The highest BCUT2D eigenvalue weighted by atomic mass is 35.5. The summed E-state index contributed by atoms with van der Waals surface area (Å²) in [6.07, 6.45) is 10.5. The third-order valence-corrected chi connectivity index (χ3v) is 3.91. The highest BCUT2D eigenvalue weighted by Crippen LogP contribution is 2.22. The van der Waals surface area contributed by atoms with Crippen LogP contribution in [0, 0.1) is 5.92 Å². The summed E-state index contributed by atoms with van der Waals surface area (Å²) >= 11 is 5.89. The molecule has 3 rings (SSSR count). The standard InChI is InChI=1S/C14H15ClN4O2/c15-10-5-3-9(4-6-10)2-1-7-19-8-16-12-11(19)13(20)18-14(21)17-12/h3,5-6,8-9H,1-2,4,7H2,(H2,17,18,20,21). The van der Waals surface area contributed by atoms with Crippen molar-refractivity contribution >= 4 is 22.8 Å². The fourth-order valence-corrected chi connectivity index (χ4v) is 2.72. The van der Waals surface area contributed by atoms with Gasteiger partial charge in [0.15, 0.2) is 11.2 Å². The Balaban J connectivity index is 1.68. The van der Waals surface area contributed by atoms with Gasteiger partial charge in [-0.2, -0.15) is 0 Å². The molecule has 0 radical (unpaired) electrons. The van der Waals surface area contributed by atoms with E-state index in [0.717, 1.165) is 24.3 Å². The maximum Gasteiger partial charge on any atom is 0.327 e. The molecule has 2 aromatic rings. The summed E-state index contributed by atoms with van der Waals surface area (Å²) in [5.41, 5.74) is -0.194. The zero-order valence-corrected chi connectivity index (χ0v) is 12.1. The number of allylic oxidation sites excluding steroid dienone is 4. The predicted molar refractivity (Wildman–Crippen MR) is 81.4 cm³/mol. The van der Waals surface area contributed by atoms with Crippen LogP contribution in [0.1, 0.15) is 19.3 Å². The smallest absolute Gasteiger partial charge is 0.325 e. The number of hydrogen-bond donors (Lipinski definition) is 2. The van der Waals surface area contributed by atoms with E-state index >= 15 is 0 Å². The molecule has 2 N–H and O–H groups in total. The topological polar surface area (TPSA) is 83.5 Å². The molecule has 0 aliphatic heterocycles. The lowest BCUT2D eigenvalue weighted by Gasteiger charge is -2.14. The van der Waals surface area contributed by atoms with Gasteiger partial charge in [-0.25, -0.2) is 9.78 Å². The number of aryl methyl sites for hydroxylation is 1. The summed E-state index contributed by atoms with van der Waals surface area (Å²) in [6, 6.07) is 0. The van der Waals surface area contributed by atoms with Crippen molar-refractivity contribution in [3.05, 3.63) is 50.4 Å². The van der Waals surface area contributed by atoms with Gasteiger partial charge in [0.1, 0.15) is 0 Å². The Morgan fingerprint density at radius 2 is 2.24 bits per heavy atom. The molecular formula is C14H15ClN4O2. The third-order valence-electron chi connectivity index (χ3n) is 3.63. The Morgan fingerprint density at radius 3 is 3.00 bits per heavy atom. The van der Waals surface area contributed by atoms with Crippen LogP contribution in [0.2, 0.25) is 0 Å². The Morgan fingerprint density at radius 1 is 1.38 bits per heavy atom. The Kier molecular flexibility index (Phi) is 3.79. The van der Waals surface area contributed by atoms with Crippen molar-refractivity contribution in [1.82, 2.24) is 19.5 Å². The number of aromatic nitrogens is 4. The van der Waals surface area contributed by atoms with Crippen LogP contribution in [-0.4, -0.2) is 19.5 Å². The van der Waals surface area contributed by atoms with Gasteiger partial charge >= 0.3 is 5.69 Å². The van der Waals surface area contributed by atoms with E-state index in [0.29, 0.717) is 23.6 Å². The van der Waals surface area contributed by atoms with E-state index in [1.54, 1.807) is 10.9 Å². The average Bonchev–Trinajstić information content (AvgIpc) is 2.84. The molecule has 1 atom stereocenters. The van der Waals surface area contributed by atoms with Gasteiger partial charge in [0, 0.05) is 11.6 Å². The van der Waals surface area contributed by atoms with Crippen LogP contribution >= 0.6 is 11.6 Å². The molecule has 0 saturated heterocycles. The van der Waals surface area contributed by atoms with Crippen LogP contribution in [0.3, 0.4) is 0 Å². The zero-order valence-electron chi connectivity index (χ0n) is 11.3. The van der Waals surface area contributed by atoms with Crippen LogP contribution in [-0.2, 0) is 6.54 Å². The number of fused-ring (bicyclic) bond motifs is 1. The van der Waals surface area contributed by atoms with Crippen molar-refractivity contribution in [3.63, 3.8) is 0 Å². The monoisotopic (exact) mass is 306 g/mol. The van der Waals surface area contributed by atoms with Gasteiger partial charge in [0.25, 0.3) is 5.56 Å². The number of rotatable bonds is 4. The second-order valence-electron chi connectivity index (χ2n) is 5.13. The highest BCUT2D eigenvalue weighted by Gasteiger charge is 2.10. The number of nitrogens with zero attached hydrogens (tertiary/aromatic N) is 2. The molecule has 0 spiro atoms. The minimum atomic E-state index is -0.534. The normalized spacial score (nSPS) is 18.1. The summed E-state index contributed by atoms with van der Waals surface area (Å²) in [7, 11) is 0. The molecular weight excluding hydrogens is 292 g/mol. The summed E-state index contributed by atoms with van der Waals surface area (Å²) in [6.45, 7) is 0.688. The molecule has 0 amide bonds. The van der Waals surface area contributed by atoms with Crippen LogP contribution in [0.25, 0.3) is 11.2 Å². The molecule has 110 valence electrons. The van der Waals surface area contributed by atoms with Gasteiger partial charge in [-0.15, -0.1) is 0 Å². The molecule has 7 heteroatoms. The number of H-pyrrole nitrogens is 2. The van der Waals surface area contributed by atoms with E-state index in [-0.39, 0.29) is 0 Å². The Labute approximate surface area is 125 Å².